The number of amides is 1. The second kappa shape index (κ2) is 3.21. The van der Waals surface area contributed by atoms with E-state index in [1.54, 1.807) is 0 Å². The normalized spacial score (nSPS) is 37.5. The third-order valence-corrected chi connectivity index (χ3v) is 4.48. The Morgan fingerprint density at radius 2 is 1.67 bits per heavy atom. The van der Waals surface area contributed by atoms with Crippen LogP contribution in [-0.4, -0.2) is 29.4 Å². The number of fused-ring (bicyclic) bond motifs is 1. The molecule has 0 aromatic rings. The van der Waals surface area contributed by atoms with Crippen LogP contribution in [0.4, 0.5) is 0 Å². The summed E-state index contributed by atoms with van der Waals surface area (Å²) in [5.74, 6) is 1.80. The molecular weight excluding hydrogens is 188 g/mol. The largest absolute Gasteiger partial charge is 0.341 e. The third kappa shape index (κ3) is 1.57. The molecule has 0 radical (unpaired) electrons. The fourth-order valence-electron chi connectivity index (χ4n) is 3.24. The molecule has 3 aliphatic rings. The predicted octanol–water partition coefficient (Wildman–Crippen LogP) is 1.13. The van der Waals surface area contributed by atoms with Crippen LogP contribution < -0.4 is 5.73 Å². The molecule has 1 saturated heterocycles. The van der Waals surface area contributed by atoms with Crippen molar-refractivity contribution in [2.75, 3.05) is 13.1 Å². The monoisotopic (exact) mass is 208 g/mol. The van der Waals surface area contributed by atoms with Gasteiger partial charge in [-0.05, 0) is 37.5 Å². The van der Waals surface area contributed by atoms with Crippen molar-refractivity contribution in [1.29, 1.82) is 0 Å². The number of carbonyl (C=O) groups excluding carboxylic acids is 1. The van der Waals surface area contributed by atoms with E-state index in [0.717, 1.165) is 37.8 Å². The average Bonchev–Trinajstić information content (AvgIpc) is 2.85. The topological polar surface area (TPSA) is 46.3 Å². The van der Waals surface area contributed by atoms with Gasteiger partial charge in [0.25, 0.3) is 0 Å². The Labute approximate surface area is 91.0 Å². The number of nitrogens with two attached hydrogens (primary N) is 1. The van der Waals surface area contributed by atoms with Crippen LogP contribution in [0.5, 0.6) is 0 Å². The number of hydrogen-bond donors (Lipinski definition) is 1. The van der Waals surface area contributed by atoms with Gasteiger partial charge in [-0.15, -0.1) is 0 Å². The van der Waals surface area contributed by atoms with Gasteiger partial charge >= 0.3 is 0 Å². The molecule has 3 rings (SSSR count). The van der Waals surface area contributed by atoms with E-state index in [1.807, 2.05) is 4.90 Å². The zero-order valence-corrected chi connectivity index (χ0v) is 9.24. The summed E-state index contributed by atoms with van der Waals surface area (Å²) in [5, 5.41) is 0. The first-order chi connectivity index (χ1) is 7.19. The molecule has 2 N–H and O–H groups in total. The lowest BCUT2D eigenvalue weighted by molar-refractivity contribution is -0.132. The number of rotatable bonds is 1. The maximum Gasteiger partial charge on any atom is 0.242 e. The van der Waals surface area contributed by atoms with E-state index in [1.165, 1.54) is 25.7 Å². The zero-order valence-electron chi connectivity index (χ0n) is 9.24. The maximum atomic E-state index is 12.1. The highest BCUT2D eigenvalue weighted by molar-refractivity contribution is 5.89. The molecule has 2 saturated carbocycles. The van der Waals surface area contributed by atoms with Gasteiger partial charge in [0.15, 0.2) is 0 Å². The number of carbonyl (C=O) groups is 1. The molecule has 2 atom stereocenters. The Morgan fingerprint density at radius 3 is 2.13 bits per heavy atom. The van der Waals surface area contributed by atoms with Gasteiger partial charge in [-0.2, -0.15) is 0 Å². The summed E-state index contributed by atoms with van der Waals surface area (Å²) >= 11 is 0. The molecule has 1 heterocycles. The molecule has 0 aromatic carbocycles. The standard InChI is InChI=1S/C12H20N2O/c13-12(5-6-12)11(15)14-7-9-3-1-2-4-10(9)8-14/h9-10H,1-8,13H2. The molecule has 1 aliphatic heterocycles. The molecule has 1 amide bonds. The lowest BCUT2D eigenvalue weighted by Crippen LogP contribution is -2.44. The Balaban J connectivity index is 1.67. The summed E-state index contributed by atoms with van der Waals surface area (Å²) in [6.07, 6.45) is 7.17. The quantitative estimate of drug-likeness (QED) is 0.702. The number of likely N-dealkylation sites (tertiary alicyclic amines) is 1. The van der Waals surface area contributed by atoms with E-state index in [0.29, 0.717) is 0 Å². The third-order valence-electron chi connectivity index (χ3n) is 4.48. The lowest BCUT2D eigenvalue weighted by atomic mass is 9.82. The summed E-state index contributed by atoms with van der Waals surface area (Å²) in [6, 6.07) is 0. The summed E-state index contributed by atoms with van der Waals surface area (Å²) in [7, 11) is 0. The van der Waals surface area contributed by atoms with Gasteiger partial charge in [-0.3, -0.25) is 4.79 Å². The van der Waals surface area contributed by atoms with Crippen molar-refractivity contribution in [1.82, 2.24) is 4.90 Å². The van der Waals surface area contributed by atoms with Gasteiger partial charge in [0.1, 0.15) is 0 Å². The Kier molecular flexibility index (Phi) is 2.06. The van der Waals surface area contributed by atoms with Crippen LogP contribution >= 0.6 is 0 Å². The first kappa shape index (κ1) is 9.64. The Morgan fingerprint density at radius 1 is 1.13 bits per heavy atom. The number of nitrogens with zero attached hydrogens (tertiary/aromatic N) is 1. The SMILES string of the molecule is NC1(C(=O)N2CC3CCCCC3C2)CC1. The summed E-state index contributed by atoms with van der Waals surface area (Å²) in [6.45, 7) is 1.98. The molecule has 3 fully saturated rings. The number of hydrogen-bond acceptors (Lipinski definition) is 2. The molecule has 2 aliphatic carbocycles. The highest BCUT2D eigenvalue weighted by Crippen LogP contribution is 2.40. The molecule has 2 unspecified atom stereocenters. The van der Waals surface area contributed by atoms with Gasteiger partial charge < -0.3 is 10.6 Å². The highest BCUT2D eigenvalue weighted by atomic mass is 16.2. The van der Waals surface area contributed by atoms with Gasteiger partial charge in [-0.1, -0.05) is 12.8 Å². The molecule has 0 bridgehead atoms. The van der Waals surface area contributed by atoms with E-state index in [-0.39, 0.29) is 5.91 Å². The summed E-state index contributed by atoms with van der Waals surface area (Å²) in [4.78, 5) is 14.1. The van der Waals surface area contributed by atoms with Crippen LogP contribution in [0.2, 0.25) is 0 Å². The van der Waals surface area contributed by atoms with Gasteiger partial charge in [0.05, 0.1) is 5.54 Å². The molecule has 0 aromatic heterocycles. The van der Waals surface area contributed by atoms with Crippen LogP contribution in [0, 0.1) is 11.8 Å². The average molecular weight is 208 g/mol. The molecule has 84 valence electrons. The maximum absolute atomic E-state index is 12.1. The first-order valence-corrected chi connectivity index (χ1v) is 6.27. The Bertz CT molecular complexity index is 271. The summed E-state index contributed by atoms with van der Waals surface area (Å²) < 4.78 is 0. The fraction of sp³-hybridized carbons (Fsp3) is 0.917. The lowest BCUT2D eigenvalue weighted by Gasteiger charge is -2.22. The molecule has 0 spiro atoms. The zero-order chi connectivity index (χ0) is 10.5. The Hall–Kier alpha value is -0.570. The van der Waals surface area contributed by atoms with Crippen LogP contribution in [0.25, 0.3) is 0 Å². The fourth-order valence-corrected chi connectivity index (χ4v) is 3.24. The minimum Gasteiger partial charge on any atom is -0.341 e. The van der Waals surface area contributed by atoms with Crippen LogP contribution in [0.15, 0.2) is 0 Å². The van der Waals surface area contributed by atoms with Crippen LogP contribution in [0.1, 0.15) is 38.5 Å². The van der Waals surface area contributed by atoms with E-state index >= 15 is 0 Å². The molecule has 3 nitrogen and oxygen atoms in total. The minimum atomic E-state index is -0.451. The van der Waals surface area contributed by atoms with Gasteiger partial charge in [-0.25, -0.2) is 0 Å². The van der Waals surface area contributed by atoms with E-state index in [2.05, 4.69) is 0 Å². The molecular formula is C12H20N2O. The summed E-state index contributed by atoms with van der Waals surface area (Å²) in [5.41, 5.74) is 5.52. The predicted molar refractivity (Wildman–Crippen MR) is 58.2 cm³/mol. The van der Waals surface area contributed by atoms with E-state index in [9.17, 15) is 4.79 Å². The van der Waals surface area contributed by atoms with Crippen LogP contribution in [-0.2, 0) is 4.79 Å². The minimum absolute atomic E-state index is 0.233. The van der Waals surface area contributed by atoms with Crippen molar-refractivity contribution in [3.63, 3.8) is 0 Å². The van der Waals surface area contributed by atoms with Crippen molar-refractivity contribution in [3.05, 3.63) is 0 Å². The van der Waals surface area contributed by atoms with Crippen molar-refractivity contribution in [2.45, 2.75) is 44.1 Å². The second-order valence-corrected chi connectivity index (χ2v) is 5.67. The van der Waals surface area contributed by atoms with Crippen molar-refractivity contribution in [2.24, 2.45) is 17.6 Å². The second-order valence-electron chi connectivity index (χ2n) is 5.67. The van der Waals surface area contributed by atoms with Crippen molar-refractivity contribution >= 4 is 5.91 Å². The molecule has 3 heteroatoms. The van der Waals surface area contributed by atoms with Gasteiger partial charge in [0.2, 0.25) is 5.91 Å². The van der Waals surface area contributed by atoms with Crippen LogP contribution in [0.3, 0.4) is 0 Å². The first-order valence-electron chi connectivity index (χ1n) is 6.27. The van der Waals surface area contributed by atoms with E-state index < -0.39 is 5.54 Å². The van der Waals surface area contributed by atoms with Gasteiger partial charge in [0, 0.05) is 13.1 Å². The highest BCUT2D eigenvalue weighted by Gasteiger charge is 2.50. The van der Waals surface area contributed by atoms with E-state index in [4.69, 9.17) is 5.73 Å². The van der Waals surface area contributed by atoms with Crippen molar-refractivity contribution in [3.8, 4) is 0 Å². The van der Waals surface area contributed by atoms with Crippen molar-refractivity contribution < 1.29 is 4.79 Å². The smallest absolute Gasteiger partial charge is 0.242 e. The molecule has 15 heavy (non-hydrogen) atoms.